The van der Waals surface area contributed by atoms with Crippen LogP contribution in [0, 0.1) is 0 Å². The van der Waals surface area contributed by atoms with Gasteiger partial charge in [-0.15, -0.1) is 0 Å². The zero-order chi connectivity index (χ0) is 22.8. The number of fused-ring (bicyclic) bond motifs is 2. The minimum Gasteiger partial charge on any atom is -0.486 e. The van der Waals surface area contributed by atoms with Gasteiger partial charge in [-0.05, 0) is 36.4 Å². The van der Waals surface area contributed by atoms with E-state index in [-0.39, 0.29) is 11.6 Å². The molecule has 0 atom stereocenters. The molecule has 0 fully saturated rings. The summed E-state index contributed by atoms with van der Waals surface area (Å²) >= 11 is 0. The standard InChI is InChI=1S/C24H21N5O4/c1-25-23(30)19-13-17(8-9-26-19)33-16-6-7-18-15(12-16)14-27-24(28-18)29(2)20-4-3-5-21-22(20)32-11-10-31-21/h3-9,12-14H,10-11H2,1-2H3,(H,25,30). The Morgan fingerprint density at radius 1 is 1.06 bits per heavy atom. The largest absolute Gasteiger partial charge is 0.486 e. The predicted octanol–water partition coefficient (Wildman–Crippen LogP) is 3.72. The molecule has 1 aliphatic heterocycles. The summed E-state index contributed by atoms with van der Waals surface area (Å²) < 4.78 is 17.4. The highest BCUT2D eigenvalue weighted by Gasteiger charge is 2.20. The predicted molar refractivity (Wildman–Crippen MR) is 123 cm³/mol. The molecule has 0 saturated heterocycles. The fraction of sp³-hybridized carbons (Fsp3) is 0.167. The third kappa shape index (κ3) is 4.08. The Morgan fingerprint density at radius 2 is 1.91 bits per heavy atom. The van der Waals surface area contributed by atoms with Crippen molar-refractivity contribution in [3.8, 4) is 23.0 Å². The van der Waals surface area contributed by atoms with Gasteiger partial charge in [-0.1, -0.05) is 6.07 Å². The number of benzene rings is 2. The maximum atomic E-state index is 11.8. The topological polar surface area (TPSA) is 98.7 Å². The number of para-hydroxylation sites is 1. The van der Waals surface area contributed by atoms with Crippen LogP contribution in [0.25, 0.3) is 10.9 Å². The molecule has 33 heavy (non-hydrogen) atoms. The molecule has 9 heteroatoms. The van der Waals surface area contributed by atoms with Gasteiger partial charge in [-0.25, -0.2) is 9.97 Å². The highest BCUT2D eigenvalue weighted by molar-refractivity contribution is 5.92. The Labute approximate surface area is 190 Å². The summed E-state index contributed by atoms with van der Waals surface area (Å²) in [5.41, 5.74) is 1.88. The Morgan fingerprint density at radius 3 is 2.79 bits per heavy atom. The Bertz CT molecular complexity index is 1340. The Hall–Kier alpha value is -4.40. The van der Waals surface area contributed by atoms with Crippen LogP contribution in [0.15, 0.2) is 60.9 Å². The lowest BCUT2D eigenvalue weighted by Gasteiger charge is -2.25. The van der Waals surface area contributed by atoms with Crippen LogP contribution < -0.4 is 24.4 Å². The quantitative estimate of drug-likeness (QED) is 0.498. The Balaban J connectivity index is 1.40. The minimum absolute atomic E-state index is 0.277. The number of nitrogens with zero attached hydrogens (tertiary/aromatic N) is 4. The first-order chi connectivity index (χ1) is 16.1. The number of hydrogen-bond acceptors (Lipinski definition) is 8. The van der Waals surface area contributed by atoms with Crippen molar-refractivity contribution >= 4 is 28.4 Å². The normalized spacial score (nSPS) is 12.3. The van der Waals surface area contributed by atoms with Gasteiger partial charge in [0, 0.05) is 37.9 Å². The van der Waals surface area contributed by atoms with E-state index in [1.54, 1.807) is 25.4 Å². The first-order valence-corrected chi connectivity index (χ1v) is 10.4. The van der Waals surface area contributed by atoms with Crippen molar-refractivity contribution in [2.45, 2.75) is 0 Å². The molecule has 5 rings (SSSR count). The number of anilines is 2. The molecule has 0 aliphatic carbocycles. The van der Waals surface area contributed by atoms with E-state index in [0.717, 1.165) is 16.6 Å². The molecule has 1 amide bonds. The highest BCUT2D eigenvalue weighted by atomic mass is 16.6. The van der Waals surface area contributed by atoms with Gasteiger partial charge >= 0.3 is 0 Å². The third-order valence-electron chi connectivity index (χ3n) is 5.17. The molecule has 4 aromatic rings. The fourth-order valence-electron chi connectivity index (χ4n) is 3.52. The van der Waals surface area contributed by atoms with Crippen LogP contribution in [0.1, 0.15) is 10.5 Å². The molecule has 0 bridgehead atoms. The van der Waals surface area contributed by atoms with Gasteiger partial charge in [-0.2, -0.15) is 0 Å². The lowest BCUT2D eigenvalue weighted by molar-refractivity contribution is 0.0958. The zero-order valence-corrected chi connectivity index (χ0v) is 18.1. The van der Waals surface area contributed by atoms with Crippen molar-refractivity contribution < 1.29 is 19.0 Å². The van der Waals surface area contributed by atoms with Gasteiger partial charge in [0.2, 0.25) is 5.95 Å². The summed E-state index contributed by atoms with van der Waals surface area (Å²) in [5.74, 6) is 2.76. The molecule has 1 aliphatic rings. The van der Waals surface area contributed by atoms with E-state index in [2.05, 4.69) is 15.3 Å². The van der Waals surface area contributed by atoms with Crippen molar-refractivity contribution in [1.29, 1.82) is 0 Å². The van der Waals surface area contributed by atoms with Crippen molar-refractivity contribution in [1.82, 2.24) is 20.3 Å². The number of pyridine rings is 1. The van der Waals surface area contributed by atoms with Gasteiger partial charge < -0.3 is 24.4 Å². The van der Waals surface area contributed by atoms with E-state index >= 15 is 0 Å². The molecular formula is C24H21N5O4. The molecule has 3 heterocycles. The molecule has 0 spiro atoms. The maximum absolute atomic E-state index is 11.8. The van der Waals surface area contributed by atoms with E-state index in [0.29, 0.717) is 42.2 Å². The average Bonchev–Trinajstić information content (AvgIpc) is 2.87. The lowest BCUT2D eigenvalue weighted by atomic mass is 10.2. The molecule has 9 nitrogen and oxygen atoms in total. The second-order valence-corrected chi connectivity index (χ2v) is 7.31. The number of carbonyl (C=O) groups is 1. The summed E-state index contributed by atoms with van der Waals surface area (Å²) in [6, 6.07) is 14.6. The van der Waals surface area contributed by atoms with E-state index in [1.165, 1.54) is 6.20 Å². The van der Waals surface area contributed by atoms with Gasteiger partial charge in [0.05, 0.1) is 11.2 Å². The monoisotopic (exact) mass is 443 g/mol. The van der Waals surface area contributed by atoms with Crippen LogP contribution in [0.2, 0.25) is 0 Å². The van der Waals surface area contributed by atoms with Crippen LogP contribution in [-0.2, 0) is 0 Å². The molecule has 0 unspecified atom stereocenters. The number of ether oxygens (including phenoxy) is 3. The summed E-state index contributed by atoms with van der Waals surface area (Å²) in [7, 11) is 3.44. The van der Waals surface area contributed by atoms with E-state index in [1.807, 2.05) is 48.3 Å². The molecule has 2 aromatic heterocycles. The smallest absolute Gasteiger partial charge is 0.269 e. The lowest BCUT2D eigenvalue weighted by Crippen LogP contribution is -2.19. The van der Waals surface area contributed by atoms with Crippen molar-refractivity contribution in [3.05, 3.63) is 66.6 Å². The molecule has 166 valence electrons. The van der Waals surface area contributed by atoms with Crippen LogP contribution in [-0.4, -0.2) is 48.2 Å². The summed E-state index contributed by atoms with van der Waals surface area (Å²) in [6.45, 7) is 1.03. The average molecular weight is 443 g/mol. The number of amides is 1. The van der Waals surface area contributed by atoms with Crippen molar-refractivity contribution in [2.24, 2.45) is 0 Å². The number of nitrogens with one attached hydrogen (secondary N) is 1. The highest BCUT2D eigenvalue weighted by Crippen LogP contribution is 2.40. The van der Waals surface area contributed by atoms with Crippen LogP contribution in [0.4, 0.5) is 11.6 Å². The summed E-state index contributed by atoms with van der Waals surface area (Å²) in [5, 5.41) is 3.37. The van der Waals surface area contributed by atoms with Crippen molar-refractivity contribution in [2.75, 3.05) is 32.2 Å². The van der Waals surface area contributed by atoms with Crippen LogP contribution >= 0.6 is 0 Å². The first kappa shape index (κ1) is 20.5. The fourth-order valence-corrected chi connectivity index (χ4v) is 3.52. The van der Waals surface area contributed by atoms with Crippen molar-refractivity contribution in [3.63, 3.8) is 0 Å². The van der Waals surface area contributed by atoms with Gasteiger partial charge in [0.15, 0.2) is 11.5 Å². The SMILES string of the molecule is CNC(=O)c1cc(Oc2ccc3nc(N(C)c4cccc5c4OCCO5)ncc3c2)ccn1. The molecule has 0 saturated carbocycles. The molecular weight excluding hydrogens is 422 g/mol. The molecule has 2 aromatic carbocycles. The van der Waals surface area contributed by atoms with E-state index < -0.39 is 0 Å². The van der Waals surface area contributed by atoms with Gasteiger partial charge in [0.25, 0.3) is 5.91 Å². The number of carbonyl (C=O) groups excluding carboxylic acids is 1. The molecule has 1 N–H and O–H groups in total. The Kier molecular flexibility index (Phi) is 5.35. The van der Waals surface area contributed by atoms with E-state index in [9.17, 15) is 4.79 Å². The van der Waals surface area contributed by atoms with Gasteiger partial charge in [0.1, 0.15) is 30.4 Å². The van der Waals surface area contributed by atoms with Crippen LogP contribution in [0.3, 0.4) is 0 Å². The second-order valence-electron chi connectivity index (χ2n) is 7.31. The van der Waals surface area contributed by atoms with Crippen LogP contribution in [0.5, 0.6) is 23.0 Å². The molecule has 0 radical (unpaired) electrons. The summed E-state index contributed by atoms with van der Waals surface area (Å²) in [6.07, 6.45) is 3.28. The van der Waals surface area contributed by atoms with E-state index in [4.69, 9.17) is 19.2 Å². The number of aromatic nitrogens is 3. The second kappa shape index (κ2) is 8.62. The minimum atomic E-state index is -0.277. The summed E-state index contributed by atoms with van der Waals surface area (Å²) in [4.78, 5) is 26.9. The van der Waals surface area contributed by atoms with Gasteiger partial charge in [-0.3, -0.25) is 9.78 Å². The zero-order valence-electron chi connectivity index (χ0n) is 18.1. The first-order valence-electron chi connectivity index (χ1n) is 10.4. The third-order valence-corrected chi connectivity index (χ3v) is 5.17. The maximum Gasteiger partial charge on any atom is 0.269 e. The number of rotatable bonds is 5. The number of hydrogen-bond donors (Lipinski definition) is 1.